The first-order chi connectivity index (χ1) is 14.6. The molecule has 0 saturated carbocycles. The highest BCUT2D eigenvalue weighted by atomic mass is 79.9. The molecule has 0 amide bonds. The number of nitrogens with zero attached hydrogens (tertiary/aromatic N) is 1. The van der Waals surface area contributed by atoms with Crippen LogP contribution in [0, 0.1) is 12.3 Å². The van der Waals surface area contributed by atoms with E-state index < -0.39 is 5.41 Å². The van der Waals surface area contributed by atoms with Crippen molar-refractivity contribution in [3.8, 4) is 22.4 Å². The Hall–Kier alpha value is -2.14. The van der Waals surface area contributed by atoms with E-state index in [0.717, 1.165) is 32.1 Å². The number of pyridine rings is 1. The molecular weight excluding hydrogens is 497 g/mol. The number of hydrogen-bond acceptors (Lipinski definition) is 3. The van der Waals surface area contributed by atoms with Gasteiger partial charge in [0.25, 0.3) is 0 Å². The van der Waals surface area contributed by atoms with Gasteiger partial charge in [-0.05, 0) is 42.8 Å². The van der Waals surface area contributed by atoms with Crippen molar-refractivity contribution in [2.24, 2.45) is 5.41 Å². The van der Waals surface area contributed by atoms with E-state index in [1.165, 1.54) is 0 Å². The summed E-state index contributed by atoms with van der Waals surface area (Å²) in [5.74, 6) is 0.287. The first kappa shape index (κ1) is 22.1. The summed E-state index contributed by atoms with van der Waals surface area (Å²) in [7, 11) is 0. The molecule has 31 heavy (non-hydrogen) atoms. The van der Waals surface area contributed by atoms with E-state index in [1.54, 1.807) is 0 Å². The second-order valence-corrected chi connectivity index (χ2v) is 10.3. The van der Waals surface area contributed by atoms with E-state index in [1.807, 2.05) is 76.2 Å². The molecule has 3 nitrogen and oxygen atoms in total. The standard InChI is InChI=1S/C25H20BrCl2NO2/c1-13-18-12-19(14-5-8-16(27)9-6-14)21(17-10-7-15(26)11-20(17)28)29-24(18)31-22(13)23(30)25(2,3)4/h5-12H,1-4H3. The number of benzene rings is 2. The average Bonchev–Trinajstić information content (AvgIpc) is 3.02. The lowest BCUT2D eigenvalue weighted by Crippen LogP contribution is -2.20. The topological polar surface area (TPSA) is 43.1 Å². The predicted molar refractivity (Wildman–Crippen MR) is 131 cm³/mol. The third-order valence-electron chi connectivity index (χ3n) is 5.16. The maximum atomic E-state index is 12.9. The lowest BCUT2D eigenvalue weighted by atomic mass is 9.88. The molecule has 0 saturated heterocycles. The number of aromatic nitrogens is 1. The van der Waals surface area contributed by atoms with Crippen LogP contribution >= 0.6 is 39.1 Å². The van der Waals surface area contributed by atoms with Crippen LogP contribution in [0.3, 0.4) is 0 Å². The van der Waals surface area contributed by atoms with Crippen molar-refractivity contribution in [1.29, 1.82) is 0 Å². The summed E-state index contributed by atoms with van der Waals surface area (Å²) in [6.07, 6.45) is 0. The number of carbonyl (C=O) groups excluding carboxylic acids is 1. The Labute approximate surface area is 199 Å². The fourth-order valence-corrected chi connectivity index (χ4v) is 4.32. The molecule has 0 radical (unpaired) electrons. The van der Waals surface area contributed by atoms with E-state index in [9.17, 15) is 4.79 Å². The van der Waals surface area contributed by atoms with E-state index in [-0.39, 0.29) is 5.78 Å². The van der Waals surface area contributed by atoms with E-state index in [2.05, 4.69) is 15.9 Å². The van der Waals surface area contributed by atoms with Crippen molar-refractivity contribution in [3.05, 3.63) is 74.4 Å². The van der Waals surface area contributed by atoms with Crippen LogP contribution < -0.4 is 0 Å². The van der Waals surface area contributed by atoms with Gasteiger partial charge in [-0.2, -0.15) is 0 Å². The molecule has 0 spiro atoms. The number of hydrogen-bond donors (Lipinski definition) is 0. The molecule has 0 aliphatic heterocycles. The number of ketones is 1. The lowest BCUT2D eigenvalue weighted by molar-refractivity contribution is 0.0829. The van der Waals surface area contributed by atoms with Crippen LogP contribution in [0.1, 0.15) is 36.9 Å². The predicted octanol–water partition coefficient (Wildman–Crippen LogP) is 8.77. The summed E-state index contributed by atoms with van der Waals surface area (Å²) >= 11 is 16.1. The summed E-state index contributed by atoms with van der Waals surface area (Å²) in [5, 5.41) is 2.01. The number of furan rings is 1. The molecule has 2 heterocycles. The van der Waals surface area contributed by atoms with Gasteiger partial charge >= 0.3 is 0 Å². The van der Waals surface area contributed by atoms with Gasteiger partial charge in [-0.1, -0.05) is 78.1 Å². The minimum atomic E-state index is -0.560. The van der Waals surface area contributed by atoms with Gasteiger partial charge in [-0.25, -0.2) is 4.98 Å². The van der Waals surface area contributed by atoms with Crippen molar-refractivity contribution < 1.29 is 9.21 Å². The van der Waals surface area contributed by atoms with Crippen LogP contribution in [0.15, 0.2) is 57.4 Å². The summed E-state index contributed by atoms with van der Waals surface area (Å²) in [6, 6.07) is 15.2. The monoisotopic (exact) mass is 515 g/mol. The van der Waals surface area contributed by atoms with Crippen molar-refractivity contribution in [2.75, 3.05) is 0 Å². The number of Topliss-reactive ketones (excluding diaryl/α,β-unsaturated/α-hetero) is 1. The summed E-state index contributed by atoms with van der Waals surface area (Å²) < 4.78 is 6.87. The molecule has 4 aromatic rings. The van der Waals surface area contributed by atoms with Gasteiger partial charge in [0, 0.05) is 37.0 Å². The fraction of sp³-hybridized carbons (Fsp3) is 0.200. The van der Waals surface area contributed by atoms with Crippen LogP contribution in [0.25, 0.3) is 33.5 Å². The largest absolute Gasteiger partial charge is 0.434 e. The SMILES string of the molecule is Cc1c(C(=O)C(C)(C)C)oc2nc(-c3ccc(Br)cc3Cl)c(-c3ccc(Cl)cc3)cc12. The Bertz CT molecular complexity index is 1320. The summed E-state index contributed by atoms with van der Waals surface area (Å²) in [4.78, 5) is 17.8. The number of rotatable bonds is 3. The van der Waals surface area contributed by atoms with Crippen molar-refractivity contribution in [3.63, 3.8) is 0 Å². The molecule has 0 atom stereocenters. The number of carbonyl (C=O) groups is 1. The number of halogens is 3. The Kier molecular flexibility index (Phi) is 5.76. The van der Waals surface area contributed by atoms with Gasteiger partial charge in [-0.3, -0.25) is 4.79 Å². The first-order valence-corrected chi connectivity index (χ1v) is 11.3. The molecule has 6 heteroatoms. The zero-order chi connectivity index (χ0) is 22.5. The molecule has 0 fully saturated rings. The fourth-order valence-electron chi connectivity index (χ4n) is 3.43. The minimum absolute atomic E-state index is 0.0562. The molecule has 4 rings (SSSR count). The Morgan fingerprint density at radius 3 is 2.29 bits per heavy atom. The van der Waals surface area contributed by atoms with Crippen molar-refractivity contribution in [2.45, 2.75) is 27.7 Å². The smallest absolute Gasteiger partial charge is 0.227 e. The second kappa shape index (κ2) is 8.09. The molecule has 0 N–H and O–H groups in total. The van der Waals surface area contributed by atoms with Crippen LogP contribution in [0.2, 0.25) is 10.0 Å². The molecule has 2 aromatic heterocycles. The van der Waals surface area contributed by atoms with Crippen LogP contribution in [0.5, 0.6) is 0 Å². The van der Waals surface area contributed by atoms with Gasteiger partial charge in [0.2, 0.25) is 11.5 Å². The van der Waals surface area contributed by atoms with Crippen LogP contribution in [-0.4, -0.2) is 10.8 Å². The number of fused-ring (bicyclic) bond motifs is 1. The minimum Gasteiger partial charge on any atom is -0.434 e. The van der Waals surface area contributed by atoms with Gasteiger partial charge in [-0.15, -0.1) is 0 Å². The van der Waals surface area contributed by atoms with E-state index in [4.69, 9.17) is 32.6 Å². The van der Waals surface area contributed by atoms with E-state index in [0.29, 0.717) is 27.2 Å². The lowest BCUT2D eigenvalue weighted by Gasteiger charge is -2.14. The Morgan fingerprint density at radius 1 is 1.00 bits per heavy atom. The van der Waals surface area contributed by atoms with Gasteiger partial charge in [0.15, 0.2) is 5.76 Å². The average molecular weight is 517 g/mol. The van der Waals surface area contributed by atoms with Crippen molar-refractivity contribution in [1.82, 2.24) is 4.98 Å². The van der Waals surface area contributed by atoms with Crippen LogP contribution in [-0.2, 0) is 0 Å². The molecule has 0 aliphatic rings. The Morgan fingerprint density at radius 2 is 1.68 bits per heavy atom. The highest BCUT2D eigenvalue weighted by Crippen LogP contribution is 2.40. The quantitative estimate of drug-likeness (QED) is 0.255. The zero-order valence-electron chi connectivity index (χ0n) is 17.5. The maximum Gasteiger partial charge on any atom is 0.227 e. The Balaban J connectivity index is 2.03. The van der Waals surface area contributed by atoms with Gasteiger partial charge in [0.05, 0.1) is 10.7 Å². The zero-order valence-corrected chi connectivity index (χ0v) is 20.6. The normalized spacial score (nSPS) is 11.8. The van der Waals surface area contributed by atoms with Gasteiger partial charge < -0.3 is 4.42 Å². The maximum absolute atomic E-state index is 12.9. The molecule has 158 valence electrons. The summed E-state index contributed by atoms with van der Waals surface area (Å²) in [5.41, 5.74) is 3.91. The first-order valence-electron chi connectivity index (χ1n) is 9.76. The molecule has 0 aliphatic carbocycles. The second-order valence-electron chi connectivity index (χ2n) is 8.50. The van der Waals surface area contributed by atoms with Crippen molar-refractivity contribution >= 4 is 56.0 Å². The van der Waals surface area contributed by atoms with E-state index >= 15 is 0 Å². The van der Waals surface area contributed by atoms with Gasteiger partial charge in [0.1, 0.15) is 0 Å². The molecule has 0 unspecified atom stereocenters. The molecule has 0 bridgehead atoms. The summed E-state index contributed by atoms with van der Waals surface area (Å²) in [6.45, 7) is 7.52. The van der Waals surface area contributed by atoms with Crippen LogP contribution in [0.4, 0.5) is 0 Å². The highest BCUT2D eigenvalue weighted by molar-refractivity contribution is 9.10. The molecule has 2 aromatic carbocycles. The third-order valence-corrected chi connectivity index (χ3v) is 6.22. The third kappa shape index (κ3) is 4.17. The highest BCUT2D eigenvalue weighted by Gasteiger charge is 2.29. The number of aryl methyl sites for hydroxylation is 1. The molecular formula is C25H20BrCl2NO2.